The maximum atomic E-state index is 10.9. The van der Waals surface area contributed by atoms with E-state index in [1.54, 1.807) is 12.1 Å². The number of rotatable bonds is 5. The van der Waals surface area contributed by atoms with Crippen molar-refractivity contribution < 1.29 is 19.7 Å². The smallest absolute Gasteiger partial charge is 0.320 e. The van der Waals surface area contributed by atoms with Crippen LogP contribution in [-0.4, -0.2) is 22.2 Å². The van der Waals surface area contributed by atoms with E-state index < -0.39 is 12.0 Å². The van der Waals surface area contributed by atoms with Gasteiger partial charge in [0.05, 0.1) is 14.3 Å². The standard InChI is InChI=1S/C15H11I4NO4.ClH/c16-8-4-7(5-9(17)13(8)21)24-14-10(18)1-6(2-11(14)19)3-12(20)15(22)23;/h1-2,4-5,12,21H,3,20H2,(H,22,23);1H/t12-;/m0./s1. The van der Waals surface area contributed by atoms with Crippen molar-refractivity contribution >= 4 is 109 Å². The Hall–Kier alpha value is 0.680. The number of aromatic hydroxyl groups is 1. The number of nitrogens with two attached hydrogens (primary N) is 1. The molecule has 0 aliphatic carbocycles. The zero-order chi connectivity index (χ0) is 18.0. The summed E-state index contributed by atoms with van der Waals surface area (Å²) in [7, 11) is 0. The number of hydrogen-bond acceptors (Lipinski definition) is 4. The van der Waals surface area contributed by atoms with Gasteiger partial charge >= 0.3 is 5.97 Å². The van der Waals surface area contributed by atoms with E-state index in [2.05, 4.69) is 90.4 Å². The van der Waals surface area contributed by atoms with Crippen LogP contribution in [0.3, 0.4) is 0 Å². The van der Waals surface area contributed by atoms with Gasteiger partial charge in [-0.3, -0.25) is 4.79 Å². The Labute approximate surface area is 205 Å². The maximum Gasteiger partial charge on any atom is 0.320 e. The number of aliphatic carboxylic acids is 1. The quantitative estimate of drug-likeness (QED) is 0.371. The lowest BCUT2D eigenvalue weighted by Crippen LogP contribution is -2.32. The number of carbonyl (C=O) groups is 1. The lowest BCUT2D eigenvalue weighted by Gasteiger charge is -2.14. The highest BCUT2D eigenvalue weighted by atomic mass is 127. The molecule has 0 fully saturated rings. The number of benzene rings is 2. The van der Waals surface area contributed by atoms with Gasteiger partial charge in [0.25, 0.3) is 0 Å². The van der Waals surface area contributed by atoms with Crippen molar-refractivity contribution in [3.63, 3.8) is 0 Å². The molecule has 0 amide bonds. The van der Waals surface area contributed by atoms with Crippen LogP contribution in [0.2, 0.25) is 0 Å². The van der Waals surface area contributed by atoms with Crippen LogP contribution < -0.4 is 10.5 Å². The summed E-state index contributed by atoms with van der Waals surface area (Å²) in [6, 6.07) is 6.34. The molecule has 0 aliphatic heterocycles. The normalized spacial score (nSPS) is 11.6. The molecular formula is C15H12ClI4NO4. The molecule has 4 N–H and O–H groups in total. The van der Waals surface area contributed by atoms with Crippen molar-refractivity contribution in [2.75, 3.05) is 0 Å². The number of phenols is 1. The molecule has 0 heterocycles. The molecule has 0 saturated carbocycles. The number of halogens is 5. The highest BCUT2D eigenvalue weighted by Crippen LogP contribution is 2.36. The second-order valence-corrected chi connectivity index (χ2v) is 9.52. The predicted molar refractivity (Wildman–Crippen MR) is 132 cm³/mol. The Morgan fingerprint density at radius 2 is 1.52 bits per heavy atom. The molecule has 2 aromatic rings. The van der Waals surface area contributed by atoms with E-state index in [4.69, 9.17) is 15.6 Å². The molecule has 0 bridgehead atoms. The van der Waals surface area contributed by atoms with E-state index in [-0.39, 0.29) is 24.6 Å². The molecule has 0 spiro atoms. The van der Waals surface area contributed by atoms with Crippen LogP contribution >= 0.6 is 103 Å². The number of hydrogen-bond donors (Lipinski definition) is 3. The molecule has 2 rings (SSSR count). The van der Waals surface area contributed by atoms with Gasteiger partial charge in [0, 0.05) is 0 Å². The lowest BCUT2D eigenvalue weighted by atomic mass is 10.1. The minimum absolute atomic E-state index is 0. The number of ether oxygens (including phenoxy) is 1. The molecule has 25 heavy (non-hydrogen) atoms. The maximum absolute atomic E-state index is 10.9. The highest BCUT2D eigenvalue weighted by Gasteiger charge is 2.16. The van der Waals surface area contributed by atoms with E-state index in [0.717, 1.165) is 12.7 Å². The van der Waals surface area contributed by atoms with E-state index in [9.17, 15) is 9.90 Å². The third-order valence-corrected chi connectivity index (χ3v) is 6.29. The Balaban J connectivity index is 0.00000312. The molecule has 0 saturated heterocycles. The van der Waals surface area contributed by atoms with Crippen molar-refractivity contribution in [3.05, 3.63) is 44.1 Å². The van der Waals surface area contributed by atoms with Crippen LogP contribution in [-0.2, 0) is 11.2 Å². The Kier molecular flexibility index (Phi) is 9.76. The second-order valence-electron chi connectivity index (χ2n) is 4.88. The first-order valence-corrected chi connectivity index (χ1v) is 10.8. The number of carboxylic acids is 1. The Morgan fingerprint density at radius 3 is 1.96 bits per heavy atom. The fourth-order valence-electron chi connectivity index (χ4n) is 1.89. The van der Waals surface area contributed by atoms with Crippen molar-refractivity contribution in [1.29, 1.82) is 0 Å². The van der Waals surface area contributed by atoms with Gasteiger partial charge in [0.2, 0.25) is 0 Å². The first kappa shape index (κ1) is 23.7. The highest BCUT2D eigenvalue weighted by molar-refractivity contribution is 14.1. The zero-order valence-electron chi connectivity index (χ0n) is 12.3. The van der Waals surface area contributed by atoms with E-state index in [1.807, 2.05) is 12.1 Å². The van der Waals surface area contributed by atoms with Crippen LogP contribution in [0.5, 0.6) is 17.2 Å². The summed E-state index contributed by atoms with van der Waals surface area (Å²) < 4.78 is 9.14. The van der Waals surface area contributed by atoms with Crippen LogP contribution in [0.15, 0.2) is 24.3 Å². The van der Waals surface area contributed by atoms with Gasteiger partial charge in [-0.05, 0) is 127 Å². The van der Waals surface area contributed by atoms with Crippen molar-refractivity contribution in [2.45, 2.75) is 12.5 Å². The van der Waals surface area contributed by atoms with Gasteiger partial charge in [0.1, 0.15) is 17.5 Å². The van der Waals surface area contributed by atoms with Crippen molar-refractivity contribution in [1.82, 2.24) is 0 Å². The molecule has 5 nitrogen and oxygen atoms in total. The summed E-state index contributed by atoms with van der Waals surface area (Å²) in [5.41, 5.74) is 6.44. The van der Waals surface area contributed by atoms with Crippen LogP contribution in [0, 0.1) is 14.3 Å². The summed E-state index contributed by atoms with van der Waals surface area (Å²) in [5, 5.41) is 18.8. The van der Waals surface area contributed by atoms with Gasteiger partial charge in [-0.1, -0.05) is 0 Å². The van der Waals surface area contributed by atoms with Gasteiger partial charge in [0.15, 0.2) is 5.75 Å². The third kappa shape index (κ3) is 6.36. The number of carboxylic acid groups (broad SMARTS) is 1. The third-order valence-electron chi connectivity index (χ3n) is 3.04. The zero-order valence-corrected chi connectivity index (χ0v) is 21.7. The molecule has 136 valence electrons. The monoisotopic (exact) mass is 813 g/mol. The largest absolute Gasteiger partial charge is 0.506 e. The summed E-state index contributed by atoms with van der Waals surface area (Å²) in [4.78, 5) is 10.9. The van der Waals surface area contributed by atoms with E-state index >= 15 is 0 Å². The summed E-state index contributed by atoms with van der Waals surface area (Å²) in [5.74, 6) is 0.549. The molecule has 0 aliphatic rings. The molecule has 0 radical (unpaired) electrons. The minimum Gasteiger partial charge on any atom is -0.506 e. The predicted octanol–water partition coefficient (Wildman–Crippen LogP) is 4.98. The van der Waals surface area contributed by atoms with Crippen LogP contribution in [0.25, 0.3) is 0 Å². The fraction of sp³-hybridized carbons (Fsp3) is 0.133. The molecular weight excluding hydrogens is 801 g/mol. The van der Waals surface area contributed by atoms with Crippen molar-refractivity contribution in [2.24, 2.45) is 5.73 Å². The topological polar surface area (TPSA) is 92.8 Å². The van der Waals surface area contributed by atoms with E-state index in [0.29, 0.717) is 18.6 Å². The van der Waals surface area contributed by atoms with Gasteiger partial charge < -0.3 is 20.7 Å². The Bertz CT molecular complexity index is 757. The minimum atomic E-state index is -1.02. The molecule has 1 atom stereocenters. The molecule has 0 unspecified atom stereocenters. The molecule has 0 aromatic heterocycles. The summed E-state index contributed by atoms with van der Waals surface area (Å²) >= 11 is 8.42. The molecule has 2 aromatic carbocycles. The van der Waals surface area contributed by atoms with Crippen LogP contribution in [0.1, 0.15) is 5.56 Å². The summed E-state index contributed by atoms with van der Waals surface area (Å²) in [6.45, 7) is 0. The van der Waals surface area contributed by atoms with E-state index in [1.165, 1.54) is 0 Å². The van der Waals surface area contributed by atoms with Crippen LogP contribution in [0.4, 0.5) is 0 Å². The van der Waals surface area contributed by atoms with Gasteiger partial charge in [-0.25, -0.2) is 0 Å². The SMILES string of the molecule is Cl.N[C@@H](Cc1cc(I)c(Oc2cc(I)c(O)c(I)c2)c(I)c1)C(=O)O. The van der Waals surface area contributed by atoms with Crippen molar-refractivity contribution in [3.8, 4) is 17.2 Å². The summed E-state index contributed by atoms with van der Waals surface area (Å²) in [6.07, 6.45) is 0.261. The van der Waals surface area contributed by atoms with Gasteiger partial charge in [-0.15, -0.1) is 12.4 Å². The average Bonchev–Trinajstić information content (AvgIpc) is 2.48. The average molecular weight is 813 g/mol. The van der Waals surface area contributed by atoms with Gasteiger partial charge in [-0.2, -0.15) is 0 Å². The fourth-order valence-corrected chi connectivity index (χ4v) is 5.72. The first-order valence-electron chi connectivity index (χ1n) is 6.51. The Morgan fingerprint density at radius 1 is 1.04 bits per heavy atom. The number of phenolic OH excluding ortho intramolecular Hbond substituents is 1. The lowest BCUT2D eigenvalue weighted by molar-refractivity contribution is -0.138. The molecule has 10 heteroatoms. The second kappa shape index (κ2) is 10.3. The first-order chi connectivity index (χ1) is 11.2.